The van der Waals surface area contributed by atoms with Gasteiger partial charge in [-0.25, -0.2) is 0 Å². The molecule has 1 aromatic heterocycles. The van der Waals surface area contributed by atoms with Crippen molar-refractivity contribution in [3.8, 4) is 0 Å². The number of nitrogens with one attached hydrogen (secondary N) is 2. The summed E-state index contributed by atoms with van der Waals surface area (Å²) in [7, 11) is 0. The Labute approximate surface area is 202 Å². The van der Waals surface area contributed by atoms with Crippen molar-refractivity contribution in [2.45, 2.75) is 13.8 Å². The standard InChI is InChI=1S/C24H25ClN4O3S/c1-15(2)23(31)29-11-9-28(10-12-29)19-8-7-17(14-18(19)25)26-24(33)27-22(30)21-13-16-5-3-4-6-20(16)32-21/h3-8,13-15H,9-12H2,1-2H3,(H2,26,27,30,33). The van der Waals surface area contributed by atoms with Gasteiger partial charge in [0, 0.05) is 43.2 Å². The lowest BCUT2D eigenvalue weighted by Gasteiger charge is -2.37. The first-order chi connectivity index (χ1) is 15.8. The highest BCUT2D eigenvalue weighted by Crippen LogP contribution is 2.30. The van der Waals surface area contributed by atoms with Gasteiger partial charge < -0.3 is 19.5 Å². The maximum absolute atomic E-state index is 12.5. The van der Waals surface area contributed by atoms with E-state index >= 15 is 0 Å². The van der Waals surface area contributed by atoms with E-state index in [1.54, 1.807) is 18.2 Å². The van der Waals surface area contributed by atoms with Crippen LogP contribution < -0.4 is 15.5 Å². The molecule has 0 spiro atoms. The van der Waals surface area contributed by atoms with Crippen molar-refractivity contribution in [1.82, 2.24) is 10.2 Å². The first-order valence-corrected chi connectivity index (χ1v) is 11.5. The van der Waals surface area contributed by atoms with Crippen molar-refractivity contribution < 1.29 is 14.0 Å². The monoisotopic (exact) mass is 484 g/mol. The molecule has 0 bridgehead atoms. The lowest BCUT2D eigenvalue weighted by molar-refractivity contribution is -0.134. The van der Waals surface area contributed by atoms with Crippen LogP contribution in [0.3, 0.4) is 0 Å². The van der Waals surface area contributed by atoms with Gasteiger partial charge in [-0.15, -0.1) is 0 Å². The van der Waals surface area contributed by atoms with Gasteiger partial charge in [0.25, 0.3) is 5.91 Å². The SMILES string of the molecule is CC(C)C(=O)N1CCN(c2ccc(NC(=S)NC(=O)c3cc4ccccc4o3)cc2Cl)CC1. The van der Waals surface area contributed by atoms with Crippen LogP contribution in [-0.4, -0.2) is 48.0 Å². The predicted molar refractivity (Wildman–Crippen MR) is 135 cm³/mol. The summed E-state index contributed by atoms with van der Waals surface area (Å²) in [6.07, 6.45) is 0. The number of hydrogen-bond acceptors (Lipinski definition) is 5. The van der Waals surface area contributed by atoms with E-state index in [9.17, 15) is 9.59 Å². The molecule has 7 nitrogen and oxygen atoms in total. The van der Waals surface area contributed by atoms with E-state index in [1.165, 1.54) is 0 Å². The Morgan fingerprint density at radius 2 is 1.79 bits per heavy atom. The molecule has 0 unspecified atom stereocenters. The third-order valence-corrected chi connectivity index (χ3v) is 6.01. The molecule has 1 aliphatic rings. The summed E-state index contributed by atoms with van der Waals surface area (Å²) >= 11 is 11.8. The summed E-state index contributed by atoms with van der Waals surface area (Å²) in [5, 5.41) is 7.16. The molecule has 33 heavy (non-hydrogen) atoms. The van der Waals surface area contributed by atoms with Crippen LogP contribution in [0.25, 0.3) is 11.0 Å². The minimum absolute atomic E-state index is 0.00154. The molecule has 172 valence electrons. The fraction of sp³-hybridized carbons (Fsp3) is 0.292. The number of hydrogen-bond donors (Lipinski definition) is 2. The van der Waals surface area contributed by atoms with Crippen LogP contribution >= 0.6 is 23.8 Å². The number of benzene rings is 2. The second kappa shape index (κ2) is 9.80. The van der Waals surface area contributed by atoms with Crippen molar-refractivity contribution >= 4 is 63.1 Å². The number of anilines is 2. The highest BCUT2D eigenvalue weighted by molar-refractivity contribution is 7.80. The Hall–Kier alpha value is -3.10. The van der Waals surface area contributed by atoms with E-state index < -0.39 is 5.91 Å². The lowest BCUT2D eigenvalue weighted by atomic mass is 10.1. The highest BCUT2D eigenvalue weighted by Gasteiger charge is 2.24. The van der Waals surface area contributed by atoms with Gasteiger partial charge in [0.1, 0.15) is 5.58 Å². The van der Waals surface area contributed by atoms with E-state index in [0.717, 1.165) is 24.2 Å². The Bertz CT molecular complexity index is 1170. The third kappa shape index (κ3) is 5.29. The van der Waals surface area contributed by atoms with Crippen LogP contribution in [0, 0.1) is 5.92 Å². The number of carbonyl (C=O) groups excluding carboxylic acids is 2. The van der Waals surface area contributed by atoms with Gasteiger partial charge in [0.15, 0.2) is 10.9 Å². The first kappa shape index (κ1) is 23.1. The molecule has 1 saturated heterocycles. The van der Waals surface area contributed by atoms with Crippen molar-refractivity contribution in [2.24, 2.45) is 5.92 Å². The maximum atomic E-state index is 12.5. The molecule has 2 amide bonds. The van der Waals surface area contributed by atoms with Crippen LogP contribution in [0.15, 0.2) is 52.9 Å². The number of amides is 2. The van der Waals surface area contributed by atoms with Gasteiger partial charge in [-0.3, -0.25) is 14.9 Å². The Morgan fingerprint density at radius 1 is 1.06 bits per heavy atom. The predicted octanol–water partition coefficient (Wildman–Crippen LogP) is 4.52. The van der Waals surface area contributed by atoms with Gasteiger partial charge >= 0.3 is 0 Å². The van der Waals surface area contributed by atoms with Crippen LogP contribution in [0.2, 0.25) is 5.02 Å². The lowest BCUT2D eigenvalue weighted by Crippen LogP contribution is -2.50. The molecule has 0 radical (unpaired) electrons. The number of furan rings is 1. The first-order valence-electron chi connectivity index (χ1n) is 10.8. The van der Waals surface area contributed by atoms with Crippen molar-refractivity contribution in [3.05, 3.63) is 59.3 Å². The smallest absolute Gasteiger partial charge is 0.293 e. The molecule has 0 atom stereocenters. The van der Waals surface area contributed by atoms with Crippen molar-refractivity contribution in [1.29, 1.82) is 0 Å². The number of piperazine rings is 1. The second-order valence-corrected chi connectivity index (χ2v) is 9.01. The number of fused-ring (bicyclic) bond motifs is 1. The van der Waals surface area contributed by atoms with E-state index in [-0.39, 0.29) is 22.7 Å². The quantitative estimate of drug-likeness (QED) is 0.530. The van der Waals surface area contributed by atoms with Gasteiger partial charge in [-0.05, 0) is 42.5 Å². The highest BCUT2D eigenvalue weighted by atomic mass is 35.5. The number of carbonyl (C=O) groups is 2. The zero-order valence-electron chi connectivity index (χ0n) is 18.4. The topological polar surface area (TPSA) is 77.8 Å². The Balaban J connectivity index is 1.34. The number of para-hydroxylation sites is 1. The van der Waals surface area contributed by atoms with E-state index in [4.69, 9.17) is 28.2 Å². The molecule has 4 rings (SSSR count). The molecule has 0 aliphatic carbocycles. The van der Waals surface area contributed by atoms with Gasteiger partial charge in [0.05, 0.1) is 10.7 Å². The average Bonchev–Trinajstić information content (AvgIpc) is 3.23. The minimum Gasteiger partial charge on any atom is -0.451 e. The van der Waals surface area contributed by atoms with Crippen molar-refractivity contribution in [2.75, 3.05) is 36.4 Å². The number of rotatable bonds is 4. The fourth-order valence-corrected chi connectivity index (χ4v) is 4.31. The van der Waals surface area contributed by atoms with Crippen molar-refractivity contribution in [3.63, 3.8) is 0 Å². The average molecular weight is 485 g/mol. The van der Waals surface area contributed by atoms with E-state index in [0.29, 0.717) is 29.4 Å². The van der Waals surface area contributed by atoms with Crippen LogP contribution in [0.5, 0.6) is 0 Å². The molecule has 0 saturated carbocycles. The van der Waals surface area contributed by atoms with E-state index in [1.807, 2.05) is 49.1 Å². The minimum atomic E-state index is -0.430. The summed E-state index contributed by atoms with van der Waals surface area (Å²) in [5.41, 5.74) is 2.20. The molecule has 9 heteroatoms. The summed E-state index contributed by atoms with van der Waals surface area (Å²) < 4.78 is 5.57. The Morgan fingerprint density at radius 3 is 2.45 bits per heavy atom. The number of nitrogens with zero attached hydrogens (tertiary/aromatic N) is 2. The van der Waals surface area contributed by atoms with Gasteiger partial charge in [-0.2, -0.15) is 0 Å². The summed E-state index contributed by atoms with van der Waals surface area (Å²) in [6, 6.07) is 14.6. The second-order valence-electron chi connectivity index (χ2n) is 8.19. The summed E-state index contributed by atoms with van der Waals surface area (Å²) in [5.74, 6) is -0.0655. The maximum Gasteiger partial charge on any atom is 0.293 e. The molecule has 2 heterocycles. The molecule has 2 N–H and O–H groups in total. The summed E-state index contributed by atoms with van der Waals surface area (Å²) in [4.78, 5) is 28.7. The molecular formula is C24H25ClN4O3S. The molecule has 2 aromatic carbocycles. The van der Waals surface area contributed by atoms with Gasteiger partial charge in [0.2, 0.25) is 5.91 Å². The normalized spacial score (nSPS) is 13.9. The van der Waals surface area contributed by atoms with Crippen LogP contribution in [0.1, 0.15) is 24.4 Å². The largest absolute Gasteiger partial charge is 0.451 e. The van der Waals surface area contributed by atoms with E-state index in [2.05, 4.69) is 15.5 Å². The Kier molecular flexibility index (Phi) is 6.85. The zero-order chi connectivity index (χ0) is 23.5. The zero-order valence-corrected chi connectivity index (χ0v) is 20.0. The fourth-order valence-electron chi connectivity index (χ4n) is 3.79. The molecule has 1 aliphatic heterocycles. The van der Waals surface area contributed by atoms with Gasteiger partial charge in [-0.1, -0.05) is 43.6 Å². The summed E-state index contributed by atoms with van der Waals surface area (Å²) in [6.45, 7) is 6.62. The van der Waals surface area contributed by atoms with Crippen LogP contribution in [-0.2, 0) is 4.79 Å². The van der Waals surface area contributed by atoms with Crippen LogP contribution in [0.4, 0.5) is 11.4 Å². The number of thiocarbonyl (C=S) groups is 1. The number of halogens is 1. The molecule has 3 aromatic rings. The molecular weight excluding hydrogens is 460 g/mol. The third-order valence-electron chi connectivity index (χ3n) is 5.51. The molecule has 1 fully saturated rings.